The Morgan fingerprint density at radius 1 is 1.25 bits per heavy atom. The molecule has 0 heterocycles. The largest absolute Gasteiger partial charge is 0.481 e. The van der Waals surface area contributed by atoms with Crippen molar-refractivity contribution in [2.75, 3.05) is 6.54 Å². The van der Waals surface area contributed by atoms with Crippen LogP contribution >= 0.6 is 0 Å². The Morgan fingerprint density at radius 2 is 1.80 bits per heavy atom. The maximum atomic E-state index is 11.4. The van der Waals surface area contributed by atoms with Crippen LogP contribution in [0.3, 0.4) is 0 Å². The van der Waals surface area contributed by atoms with E-state index >= 15 is 0 Å². The number of nitrogens with two attached hydrogens (primary N) is 1. The Kier molecular flexibility index (Phi) is 5.23. The first kappa shape index (κ1) is 16.1. The molecular weight excluding hydrogens is 284 g/mol. The van der Waals surface area contributed by atoms with E-state index in [4.69, 9.17) is 10.2 Å². The molecular formula is C12H16N2O5S. The topological polar surface area (TPSA) is 118 Å². The van der Waals surface area contributed by atoms with Crippen LogP contribution in [0.25, 0.3) is 0 Å². The highest BCUT2D eigenvalue weighted by Crippen LogP contribution is 2.11. The van der Waals surface area contributed by atoms with Crippen LogP contribution in [-0.4, -0.2) is 36.8 Å². The van der Waals surface area contributed by atoms with Crippen LogP contribution in [0.5, 0.6) is 0 Å². The van der Waals surface area contributed by atoms with E-state index in [0.717, 1.165) is 0 Å². The van der Waals surface area contributed by atoms with Gasteiger partial charge < -0.3 is 10.0 Å². The minimum absolute atomic E-state index is 0.0128. The van der Waals surface area contributed by atoms with Crippen LogP contribution in [0.2, 0.25) is 0 Å². The summed E-state index contributed by atoms with van der Waals surface area (Å²) in [4.78, 5) is 23.3. The van der Waals surface area contributed by atoms with Crippen LogP contribution < -0.4 is 5.14 Å². The zero-order chi connectivity index (χ0) is 15.3. The quantitative estimate of drug-likeness (QED) is 0.775. The summed E-state index contributed by atoms with van der Waals surface area (Å²) in [5.41, 5.74) is 0.693. The Morgan fingerprint density at radius 3 is 2.20 bits per heavy atom. The van der Waals surface area contributed by atoms with E-state index in [-0.39, 0.29) is 30.3 Å². The van der Waals surface area contributed by atoms with Gasteiger partial charge in [-0.25, -0.2) is 13.6 Å². The van der Waals surface area contributed by atoms with Crippen molar-refractivity contribution < 1.29 is 23.1 Å². The molecule has 0 fully saturated rings. The third-order valence-electron chi connectivity index (χ3n) is 2.67. The van der Waals surface area contributed by atoms with Gasteiger partial charge in [0.25, 0.3) is 0 Å². The van der Waals surface area contributed by atoms with Crippen molar-refractivity contribution in [3.8, 4) is 0 Å². The zero-order valence-corrected chi connectivity index (χ0v) is 11.8. The number of benzene rings is 1. The number of carboxylic acids is 1. The van der Waals surface area contributed by atoms with Gasteiger partial charge >= 0.3 is 5.97 Å². The summed E-state index contributed by atoms with van der Waals surface area (Å²) in [5.74, 6) is -1.23. The van der Waals surface area contributed by atoms with Gasteiger partial charge in [-0.15, -0.1) is 0 Å². The predicted molar refractivity (Wildman–Crippen MR) is 71.2 cm³/mol. The molecule has 0 aromatic heterocycles. The highest BCUT2D eigenvalue weighted by Gasteiger charge is 2.12. The average Bonchev–Trinajstić information content (AvgIpc) is 2.33. The molecule has 0 bridgehead atoms. The van der Waals surface area contributed by atoms with Crippen molar-refractivity contribution in [1.29, 1.82) is 0 Å². The SMILES string of the molecule is CC(=O)N(CCC(=O)O)Cc1ccc(S(N)(=O)=O)cc1. The average molecular weight is 300 g/mol. The fraction of sp³-hybridized carbons (Fsp3) is 0.333. The summed E-state index contributed by atoms with van der Waals surface area (Å²) in [5, 5.41) is 13.6. The lowest BCUT2D eigenvalue weighted by Gasteiger charge is -2.20. The number of aliphatic carboxylic acids is 1. The number of nitrogens with zero attached hydrogens (tertiary/aromatic N) is 1. The van der Waals surface area contributed by atoms with Crippen LogP contribution in [-0.2, 0) is 26.2 Å². The van der Waals surface area contributed by atoms with Gasteiger partial charge in [0.05, 0.1) is 11.3 Å². The number of rotatable bonds is 6. The Balaban J connectivity index is 2.79. The van der Waals surface area contributed by atoms with Crippen molar-refractivity contribution in [1.82, 2.24) is 4.90 Å². The standard InChI is InChI=1S/C12H16N2O5S/c1-9(15)14(7-6-12(16)17)8-10-2-4-11(5-3-10)20(13,18)19/h2-5H,6-8H2,1H3,(H,16,17)(H2,13,18,19). The number of sulfonamides is 1. The molecule has 0 saturated carbocycles. The molecule has 0 spiro atoms. The van der Waals surface area contributed by atoms with E-state index < -0.39 is 16.0 Å². The summed E-state index contributed by atoms with van der Waals surface area (Å²) in [7, 11) is -3.74. The molecule has 0 radical (unpaired) electrons. The van der Waals surface area contributed by atoms with Crippen molar-refractivity contribution in [3.63, 3.8) is 0 Å². The minimum atomic E-state index is -3.74. The lowest BCUT2D eigenvalue weighted by molar-refractivity contribution is -0.138. The molecule has 20 heavy (non-hydrogen) atoms. The number of carboxylic acid groups (broad SMARTS) is 1. The summed E-state index contributed by atoms with van der Waals surface area (Å²) >= 11 is 0. The molecule has 1 aromatic rings. The number of carbonyl (C=O) groups excluding carboxylic acids is 1. The highest BCUT2D eigenvalue weighted by molar-refractivity contribution is 7.89. The highest BCUT2D eigenvalue weighted by atomic mass is 32.2. The van der Waals surface area contributed by atoms with E-state index in [0.29, 0.717) is 5.56 Å². The number of hydrogen-bond donors (Lipinski definition) is 2. The number of amides is 1. The lowest BCUT2D eigenvalue weighted by Crippen LogP contribution is -2.30. The fourth-order valence-electron chi connectivity index (χ4n) is 1.58. The minimum Gasteiger partial charge on any atom is -0.481 e. The molecule has 1 amide bonds. The maximum absolute atomic E-state index is 11.4. The third-order valence-corrected chi connectivity index (χ3v) is 3.60. The fourth-order valence-corrected chi connectivity index (χ4v) is 2.10. The van der Waals surface area contributed by atoms with Crippen molar-refractivity contribution in [2.45, 2.75) is 24.8 Å². The molecule has 0 atom stereocenters. The summed E-state index contributed by atoms with van der Waals surface area (Å²) < 4.78 is 22.2. The summed E-state index contributed by atoms with van der Waals surface area (Å²) in [6.45, 7) is 1.66. The molecule has 0 aliphatic carbocycles. The monoisotopic (exact) mass is 300 g/mol. The van der Waals surface area contributed by atoms with E-state index in [1.165, 1.54) is 36.1 Å². The van der Waals surface area contributed by atoms with Gasteiger partial charge in [0, 0.05) is 20.0 Å². The Hall–Kier alpha value is -1.93. The molecule has 0 aliphatic rings. The first-order chi connectivity index (χ1) is 9.20. The second-order valence-corrected chi connectivity index (χ2v) is 5.83. The second-order valence-electron chi connectivity index (χ2n) is 4.27. The second kappa shape index (κ2) is 6.49. The molecule has 0 saturated heterocycles. The first-order valence-electron chi connectivity index (χ1n) is 5.79. The number of carbonyl (C=O) groups is 2. The number of primary sulfonamides is 1. The van der Waals surface area contributed by atoms with Gasteiger partial charge in [0.2, 0.25) is 15.9 Å². The predicted octanol–water partition coefficient (Wildman–Crippen LogP) is 0.157. The van der Waals surface area contributed by atoms with Crippen LogP contribution in [0.4, 0.5) is 0 Å². The lowest BCUT2D eigenvalue weighted by atomic mass is 10.2. The maximum Gasteiger partial charge on any atom is 0.305 e. The van der Waals surface area contributed by atoms with E-state index in [2.05, 4.69) is 0 Å². The van der Waals surface area contributed by atoms with Crippen molar-refractivity contribution in [3.05, 3.63) is 29.8 Å². The van der Waals surface area contributed by atoms with Gasteiger partial charge in [-0.2, -0.15) is 0 Å². The van der Waals surface area contributed by atoms with E-state index in [1.54, 1.807) is 0 Å². The Bertz CT molecular complexity index is 595. The first-order valence-corrected chi connectivity index (χ1v) is 7.34. The van der Waals surface area contributed by atoms with E-state index in [9.17, 15) is 18.0 Å². The van der Waals surface area contributed by atoms with Gasteiger partial charge in [-0.1, -0.05) is 12.1 Å². The molecule has 3 N–H and O–H groups in total. The van der Waals surface area contributed by atoms with Crippen molar-refractivity contribution >= 4 is 21.9 Å². The zero-order valence-electron chi connectivity index (χ0n) is 10.9. The van der Waals surface area contributed by atoms with Gasteiger partial charge in [-0.05, 0) is 17.7 Å². The van der Waals surface area contributed by atoms with Crippen LogP contribution in [0, 0.1) is 0 Å². The molecule has 7 nitrogen and oxygen atoms in total. The smallest absolute Gasteiger partial charge is 0.305 e. The summed E-state index contributed by atoms with van der Waals surface area (Å²) in [6, 6.07) is 5.77. The van der Waals surface area contributed by atoms with Crippen molar-refractivity contribution in [2.24, 2.45) is 5.14 Å². The normalized spacial score (nSPS) is 11.1. The van der Waals surface area contributed by atoms with Gasteiger partial charge in [0.15, 0.2) is 0 Å². The molecule has 0 unspecified atom stereocenters. The van der Waals surface area contributed by atoms with E-state index in [1.807, 2.05) is 0 Å². The number of hydrogen-bond acceptors (Lipinski definition) is 4. The molecule has 8 heteroatoms. The Labute approximate surface area is 117 Å². The summed E-state index contributed by atoms with van der Waals surface area (Å²) in [6.07, 6.45) is -0.144. The third kappa shape index (κ3) is 4.98. The van der Waals surface area contributed by atoms with Gasteiger partial charge in [-0.3, -0.25) is 9.59 Å². The molecule has 1 aromatic carbocycles. The van der Waals surface area contributed by atoms with Crippen LogP contribution in [0.1, 0.15) is 18.9 Å². The molecule has 110 valence electrons. The molecule has 0 aliphatic heterocycles. The molecule has 1 rings (SSSR count). The van der Waals surface area contributed by atoms with Gasteiger partial charge in [0.1, 0.15) is 0 Å². The van der Waals surface area contributed by atoms with Crippen LogP contribution in [0.15, 0.2) is 29.2 Å².